The van der Waals surface area contributed by atoms with Gasteiger partial charge < -0.3 is 15.2 Å². The Hall–Kier alpha value is -1.71. The molecule has 1 aromatic carbocycles. The first-order valence-electron chi connectivity index (χ1n) is 5.21. The average molecular weight is 221 g/mol. The zero-order valence-corrected chi connectivity index (χ0v) is 9.45. The highest BCUT2D eigenvalue weighted by Gasteiger charge is 2.48. The number of anilines is 1. The maximum absolute atomic E-state index is 11.0. The van der Waals surface area contributed by atoms with Crippen LogP contribution in [0.3, 0.4) is 0 Å². The molecule has 0 atom stereocenters. The van der Waals surface area contributed by atoms with Gasteiger partial charge in [0, 0.05) is 6.92 Å². The zero-order valence-electron chi connectivity index (χ0n) is 9.45. The molecule has 0 amide bonds. The fraction of sp³-hybridized carbons (Fsp3) is 0.417. The summed E-state index contributed by atoms with van der Waals surface area (Å²) in [5.41, 5.74) is 6.90. The molecule has 0 bridgehead atoms. The fourth-order valence-corrected chi connectivity index (χ4v) is 1.86. The third-order valence-electron chi connectivity index (χ3n) is 2.80. The Morgan fingerprint density at radius 1 is 1.44 bits per heavy atom. The lowest BCUT2D eigenvalue weighted by atomic mass is 10.1. The smallest absolute Gasteiger partial charge is 0.303 e. The number of carbonyl (C=O) groups excluding carboxylic acids is 1. The van der Waals surface area contributed by atoms with Crippen LogP contribution in [0.5, 0.6) is 5.75 Å². The molecule has 4 nitrogen and oxygen atoms in total. The summed E-state index contributed by atoms with van der Waals surface area (Å²) in [7, 11) is 1.57. The molecular formula is C12H15NO3. The molecule has 2 N–H and O–H groups in total. The van der Waals surface area contributed by atoms with Gasteiger partial charge in [0.25, 0.3) is 0 Å². The molecule has 86 valence electrons. The summed E-state index contributed by atoms with van der Waals surface area (Å²) in [6.45, 7) is 1.42. The number of nitrogens with two attached hydrogens (primary N) is 1. The van der Waals surface area contributed by atoms with Crippen LogP contribution < -0.4 is 10.5 Å². The maximum Gasteiger partial charge on any atom is 0.303 e. The maximum atomic E-state index is 11.0. The highest BCUT2D eigenvalue weighted by atomic mass is 16.6. The number of hydrogen-bond acceptors (Lipinski definition) is 4. The number of nitrogen functional groups attached to an aromatic ring is 1. The van der Waals surface area contributed by atoms with Crippen LogP contribution in [-0.2, 0) is 15.1 Å². The van der Waals surface area contributed by atoms with Gasteiger partial charge >= 0.3 is 5.97 Å². The summed E-state index contributed by atoms with van der Waals surface area (Å²) in [5, 5.41) is 0. The van der Waals surface area contributed by atoms with Crippen molar-refractivity contribution in [2.45, 2.75) is 25.4 Å². The van der Waals surface area contributed by atoms with Gasteiger partial charge in [-0.2, -0.15) is 0 Å². The van der Waals surface area contributed by atoms with E-state index in [2.05, 4.69) is 0 Å². The Balaban J connectivity index is 2.28. The lowest BCUT2D eigenvalue weighted by molar-refractivity contribution is -0.149. The number of methoxy groups -OCH3 is 1. The molecule has 4 heteroatoms. The van der Waals surface area contributed by atoms with Gasteiger partial charge in [0.1, 0.15) is 11.4 Å². The molecular weight excluding hydrogens is 206 g/mol. The lowest BCUT2D eigenvalue weighted by Crippen LogP contribution is -2.15. The third-order valence-corrected chi connectivity index (χ3v) is 2.80. The molecule has 2 rings (SSSR count). The summed E-state index contributed by atoms with van der Waals surface area (Å²) in [6.07, 6.45) is 1.72. The molecule has 0 radical (unpaired) electrons. The van der Waals surface area contributed by atoms with E-state index in [1.165, 1.54) is 6.92 Å². The quantitative estimate of drug-likeness (QED) is 0.624. The summed E-state index contributed by atoms with van der Waals surface area (Å²) in [6, 6.07) is 5.51. The SMILES string of the molecule is COc1ccc(C2(OC(C)=O)CC2)cc1N. The van der Waals surface area contributed by atoms with Crippen molar-refractivity contribution in [1.82, 2.24) is 0 Å². The van der Waals surface area contributed by atoms with E-state index < -0.39 is 5.60 Å². The number of hydrogen-bond donors (Lipinski definition) is 1. The predicted molar refractivity (Wildman–Crippen MR) is 60.1 cm³/mol. The number of rotatable bonds is 3. The second-order valence-electron chi connectivity index (χ2n) is 4.04. The van der Waals surface area contributed by atoms with Crippen molar-refractivity contribution in [1.29, 1.82) is 0 Å². The van der Waals surface area contributed by atoms with Gasteiger partial charge in [-0.25, -0.2) is 0 Å². The van der Waals surface area contributed by atoms with E-state index in [1.54, 1.807) is 13.2 Å². The number of esters is 1. The third kappa shape index (κ3) is 1.83. The average Bonchev–Trinajstić information content (AvgIpc) is 2.98. The Morgan fingerprint density at radius 3 is 2.56 bits per heavy atom. The highest BCUT2D eigenvalue weighted by molar-refractivity contribution is 5.67. The van der Waals surface area contributed by atoms with E-state index >= 15 is 0 Å². The van der Waals surface area contributed by atoms with Crippen LogP contribution in [0.25, 0.3) is 0 Å². The number of carbonyl (C=O) groups is 1. The minimum Gasteiger partial charge on any atom is -0.495 e. The molecule has 0 spiro atoms. The van der Waals surface area contributed by atoms with Crippen molar-refractivity contribution >= 4 is 11.7 Å². The highest BCUT2D eigenvalue weighted by Crippen LogP contribution is 2.50. The monoisotopic (exact) mass is 221 g/mol. The summed E-state index contributed by atoms with van der Waals surface area (Å²) < 4.78 is 10.4. The van der Waals surface area contributed by atoms with Crippen molar-refractivity contribution < 1.29 is 14.3 Å². The predicted octanol–water partition coefficient (Wildman–Crippen LogP) is 1.83. The molecule has 0 aliphatic heterocycles. The van der Waals surface area contributed by atoms with Gasteiger partial charge in [-0.15, -0.1) is 0 Å². The van der Waals surface area contributed by atoms with Crippen molar-refractivity contribution in [3.8, 4) is 5.75 Å². The standard InChI is InChI=1S/C12H15NO3/c1-8(14)16-12(5-6-12)9-3-4-11(15-2)10(13)7-9/h3-4,7H,5-6,13H2,1-2H3. The second kappa shape index (κ2) is 3.70. The van der Waals surface area contributed by atoms with Crippen molar-refractivity contribution in [3.63, 3.8) is 0 Å². The summed E-state index contributed by atoms with van der Waals surface area (Å²) >= 11 is 0. The summed E-state index contributed by atoms with van der Waals surface area (Å²) in [4.78, 5) is 11.0. The van der Waals surface area contributed by atoms with Crippen molar-refractivity contribution in [2.75, 3.05) is 12.8 Å². The topological polar surface area (TPSA) is 61.5 Å². The van der Waals surface area contributed by atoms with Crippen LogP contribution in [0, 0.1) is 0 Å². The molecule has 1 aliphatic rings. The fourth-order valence-electron chi connectivity index (χ4n) is 1.86. The molecule has 0 aromatic heterocycles. The molecule has 16 heavy (non-hydrogen) atoms. The molecule has 1 aliphatic carbocycles. The van der Waals surface area contributed by atoms with Gasteiger partial charge in [0.15, 0.2) is 0 Å². The van der Waals surface area contributed by atoms with Crippen LogP contribution in [0.4, 0.5) is 5.69 Å². The van der Waals surface area contributed by atoms with E-state index in [1.807, 2.05) is 12.1 Å². The van der Waals surface area contributed by atoms with Crippen molar-refractivity contribution in [2.24, 2.45) is 0 Å². The second-order valence-corrected chi connectivity index (χ2v) is 4.04. The van der Waals surface area contributed by atoms with E-state index in [-0.39, 0.29) is 5.97 Å². The minimum absolute atomic E-state index is 0.258. The number of benzene rings is 1. The molecule has 1 aromatic rings. The summed E-state index contributed by atoms with van der Waals surface area (Å²) in [5.74, 6) is 0.384. The van der Waals surface area contributed by atoms with Crippen LogP contribution in [-0.4, -0.2) is 13.1 Å². The Bertz CT molecular complexity index is 424. The molecule has 1 fully saturated rings. The van der Waals surface area contributed by atoms with E-state index in [4.69, 9.17) is 15.2 Å². The van der Waals surface area contributed by atoms with Crippen LogP contribution in [0.2, 0.25) is 0 Å². The number of ether oxygens (including phenoxy) is 2. The Morgan fingerprint density at radius 2 is 2.12 bits per heavy atom. The van der Waals surface area contributed by atoms with Crippen LogP contribution in [0.15, 0.2) is 18.2 Å². The van der Waals surface area contributed by atoms with Crippen LogP contribution >= 0.6 is 0 Å². The zero-order chi connectivity index (χ0) is 11.8. The Labute approximate surface area is 94.3 Å². The lowest BCUT2D eigenvalue weighted by Gasteiger charge is -2.17. The van der Waals surface area contributed by atoms with Gasteiger partial charge in [0.05, 0.1) is 12.8 Å². The molecule has 1 saturated carbocycles. The van der Waals surface area contributed by atoms with E-state index in [9.17, 15) is 4.79 Å². The van der Waals surface area contributed by atoms with E-state index in [0.717, 1.165) is 18.4 Å². The largest absolute Gasteiger partial charge is 0.495 e. The van der Waals surface area contributed by atoms with Gasteiger partial charge in [0.2, 0.25) is 0 Å². The molecule has 0 heterocycles. The van der Waals surface area contributed by atoms with Gasteiger partial charge in [-0.1, -0.05) is 6.07 Å². The van der Waals surface area contributed by atoms with Crippen LogP contribution in [0.1, 0.15) is 25.3 Å². The molecule has 0 unspecified atom stereocenters. The van der Waals surface area contributed by atoms with Gasteiger partial charge in [-0.05, 0) is 30.5 Å². The first-order chi connectivity index (χ1) is 7.57. The van der Waals surface area contributed by atoms with Crippen molar-refractivity contribution in [3.05, 3.63) is 23.8 Å². The normalized spacial score (nSPS) is 16.6. The van der Waals surface area contributed by atoms with Gasteiger partial charge in [-0.3, -0.25) is 4.79 Å². The first kappa shape index (κ1) is 10.8. The molecule has 0 saturated heterocycles. The Kier molecular flexibility index (Phi) is 2.50. The minimum atomic E-state index is -0.438. The van der Waals surface area contributed by atoms with E-state index in [0.29, 0.717) is 11.4 Å². The first-order valence-corrected chi connectivity index (χ1v) is 5.21.